The summed E-state index contributed by atoms with van der Waals surface area (Å²) >= 11 is 0. The Morgan fingerprint density at radius 1 is 0.708 bits per heavy atom. The van der Waals surface area contributed by atoms with Crippen LogP contribution in [0.25, 0.3) is 0 Å². The maximum atomic E-state index is 12.8. The number of amides is 4. The average Bonchev–Trinajstić information content (AvgIpc) is 2.99. The summed E-state index contributed by atoms with van der Waals surface area (Å²) in [5.74, 6) is -4.95. The number of hydrogen-bond donors (Lipinski definition) is 7. The van der Waals surface area contributed by atoms with Crippen LogP contribution in [0.3, 0.4) is 0 Å². The monoisotopic (exact) mass is 687 g/mol. The zero-order chi connectivity index (χ0) is 36.2. The van der Waals surface area contributed by atoms with Gasteiger partial charge in [-0.05, 0) is 33.2 Å². The Labute approximate surface area is 280 Å². The van der Waals surface area contributed by atoms with Crippen LogP contribution in [-0.4, -0.2) is 199 Å². The van der Waals surface area contributed by atoms with Crippen molar-refractivity contribution in [1.82, 2.24) is 40.4 Å². The summed E-state index contributed by atoms with van der Waals surface area (Å²) in [6, 6.07) is -1.42. The number of aliphatic carboxylic acids is 3. The highest BCUT2D eigenvalue weighted by molar-refractivity contribution is 5.90. The van der Waals surface area contributed by atoms with Crippen molar-refractivity contribution in [3.05, 3.63) is 0 Å². The lowest BCUT2D eigenvalue weighted by Gasteiger charge is -2.32. The van der Waals surface area contributed by atoms with Gasteiger partial charge in [-0.3, -0.25) is 53.2 Å². The highest BCUT2D eigenvalue weighted by Gasteiger charge is 2.23. The van der Waals surface area contributed by atoms with Crippen LogP contribution >= 0.6 is 0 Å². The van der Waals surface area contributed by atoms with Crippen LogP contribution in [0.5, 0.6) is 0 Å². The second-order valence-corrected chi connectivity index (χ2v) is 11.9. The van der Waals surface area contributed by atoms with Crippen molar-refractivity contribution in [3.63, 3.8) is 0 Å². The molecule has 1 aliphatic heterocycles. The van der Waals surface area contributed by atoms with E-state index in [1.54, 1.807) is 28.7 Å². The van der Waals surface area contributed by atoms with Crippen LogP contribution in [-0.2, 0) is 33.6 Å². The summed E-state index contributed by atoms with van der Waals surface area (Å²) in [5, 5.41) is 36.2. The molecule has 0 spiro atoms. The molecule has 2 atom stereocenters. The van der Waals surface area contributed by atoms with Crippen molar-refractivity contribution in [2.45, 2.75) is 38.3 Å². The fourth-order valence-corrected chi connectivity index (χ4v) is 5.02. The number of carboxylic acid groups (broad SMARTS) is 3. The van der Waals surface area contributed by atoms with Gasteiger partial charge in [0, 0.05) is 66.0 Å². The molecule has 0 unspecified atom stereocenters. The molecule has 4 amide bonds. The van der Waals surface area contributed by atoms with Gasteiger partial charge in [-0.25, -0.2) is 0 Å². The summed E-state index contributed by atoms with van der Waals surface area (Å²) in [6.45, 7) is 3.19. The van der Waals surface area contributed by atoms with Gasteiger partial charge in [0.2, 0.25) is 23.6 Å². The van der Waals surface area contributed by atoms with E-state index in [4.69, 9.17) is 5.73 Å². The molecule has 8 N–H and O–H groups in total. The summed E-state index contributed by atoms with van der Waals surface area (Å²) in [6.07, 6.45) is 1.17. The number of carbonyl (C=O) groups is 7. The Kier molecular flexibility index (Phi) is 19.8. The molecule has 48 heavy (non-hydrogen) atoms. The molecule has 0 aromatic heterocycles. The Bertz CT molecular complexity index is 1060. The molecule has 1 fully saturated rings. The SMILES string of the molecule is CN[C@@H](C)C(=O)N(C)CC(=O)N[C@@H](CCCCNC(=O)CN1CCN(CC(=O)O)CCN(CC(=O)O)CCN(CC(=O)O)CC1)C(N)=O. The van der Waals surface area contributed by atoms with Crippen LogP contribution < -0.4 is 21.7 Å². The lowest BCUT2D eigenvalue weighted by molar-refractivity contribution is -0.140. The first kappa shape index (κ1) is 42.1. The number of unbranched alkanes of at least 4 members (excludes halogenated alkanes) is 1. The fraction of sp³-hybridized carbons (Fsp3) is 0.759. The van der Waals surface area contributed by atoms with Crippen LogP contribution in [0, 0.1) is 0 Å². The minimum atomic E-state index is -1.04. The molecule has 19 nitrogen and oxygen atoms in total. The van der Waals surface area contributed by atoms with Gasteiger partial charge >= 0.3 is 17.9 Å². The van der Waals surface area contributed by atoms with Gasteiger partial charge in [-0.1, -0.05) is 0 Å². The molecule has 1 heterocycles. The van der Waals surface area contributed by atoms with E-state index < -0.39 is 41.8 Å². The summed E-state index contributed by atoms with van der Waals surface area (Å²) < 4.78 is 0. The van der Waals surface area contributed by atoms with Gasteiger partial charge in [0.25, 0.3) is 0 Å². The lowest BCUT2D eigenvalue weighted by Crippen LogP contribution is -2.50. The molecule has 0 saturated carbocycles. The van der Waals surface area contributed by atoms with E-state index in [2.05, 4.69) is 16.0 Å². The molecule has 0 aromatic rings. The maximum Gasteiger partial charge on any atom is 0.317 e. The number of carboxylic acids is 3. The molecule has 1 aliphatic rings. The quantitative estimate of drug-likeness (QED) is 0.0635. The lowest BCUT2D eigenvalue weighted by atomic mass is 10.1. The van der Waals surface area contributed by atoms with E-state index in [1.807, 2.05) is 4.90 Å². The van der Waals surface area contributed by atoms with Crippen molar-refractivity contribution in [2.24, 2.45) is 5.73 Å². The van der Waals surface area contributed by atoms with Crippen LogP contribution in [0.15, 0.2) is 0 Å². The zero-order valence-electron chi connectivity index (χ0n) is 28.2. The molecule has 1 saturated heterocycles. The topological polar surface area (TPSA) is 258 Å². The Hall–Kier alpha value is -3.91. The van der Waals surface area contributed by atoms with E-state index >= 15 is 0 Å². The second kappa shape index (κ2) is 22.6. The number of hydrogen-bond acceptors (Lipinski definition) is 12. The second-order valence-electron chi connectivity index (χ2n) is 11.9. The third-order valence-corrected chi connectivity index (χ3v) is 7.85. The zero-order valence-corrected chi connectivity index (χ0v) is 28.2. The molecular formula is C29H53N9O10. The minimum absolute atomic E-state index is 0.0225. The van der Waals surface area contributed by atoms with Crippen molar-refractivity contribution in [1.29, 1.82) is 0 Å². The van der Waals surface area contributed by atoms with Gasteiger partial charge in [0.05, 0.1) is 38.8 Å². The third kappa shape index (κ3) is 18.4. The summed E-state index contributed by atoms with van der Waals surface area (Å²) in [7, 11) is 3.10. The van der Waals surface area contributed by atoms with E-state index in [-0.39, 0.29) is 96.8 Å². The van der Waals surface area contributed by atoms with Crippen LogP contribution in [0.1, 0.15) is 26.2 Å². The standard InChI is InChI=1S/C29H53N9O10/c1-21(31-2)29(48)34(3)16-24(40)33-22(28(30)47)6-4-5-7-32-23(39)17-35-8-10-36(18-25(41)42)12-14-38(20-27(45)46)15-13-37(11-9-35)19-26(43)44/h21-22,31H,4-20H2,1-3H3,(H2,30,47)(H,32,39)(H,33,40)(H,41,42)(H,43,44)(H,45,46)/t21-,22-/m0/s1. The number of carbonyl (C=O) groups excluding carboxylic acids is 4. The maximum absolute atomic E-state index is 12.8. The van der Waals surface area contributed by atoms with Gasteiger partial charge in [-0.15, -0.1) is 0 Å². The number of nitrogens with one attached hydrogen (secondary N) is 3. The molecule has 274 valence electrons. The average molecular weight is 688 g/mol. The van der Waals surface area contributed by atoms with Crippen molar-refractivity contribution in [3.8, 4) is 0 Å². The summed E-state index contributed by atoms with van der Waals surface area (Å²) in [5.41, 5.74) is 5.46. The number of primary amides is 1. The number of rotatable bonds is 19. The molecule has 0 radical (unpaired) electrons. The minimum Gasteiger partial charge on any atom is -0.480 e. The molecular weight excluding hydrogens is 634 g/mol. The van der Waals surface area contributed by atoms with Crippen LogP contribution in [0.4, 0.5) is 0 Å². The molecule has 0 aliphatic carbocycles. The highest BCUT2D eigenvalue weighted by Crippen LogP contribution is 2.03. The molecule has 19 heteroatoms. The predicted octanol–water partition coefficient (Wildman–Crippen LogP) is -4.22. The smallest absolute Gasteiger partial charge is 0.317 e. The van der Waals surface area contributed by atoms with Gasteiger partial charge in [-0.2, -0.15) is 0 Å². The first-order valence-electron chi connectivity index (χ1n) is 15.9. The third-order valence-electron chi connectivity index (χ3n) is 7.85. The Balaban J connectivity index is 2.70. The predicted molar refractivity (Wildman–Crippen MR) is 173 cm³/mol. The first-order valence-corrected chi connectivity index (χ1v) is 15.9. The van der Waals surface area contributed by atoms with E-state index in [0.717, 1.165) is 0 Å². The summed E-state index contributed by atoms with van der Waals surface area (Å²) in [4.78, 5) is 91.6. The molecule has 0 aromatic carbocycles. The fourth-order valence-electron chi connectivity index (χ4n) is 5.02. The number of likely N-dealkylation sites (N-methyl/N-ethyl adjacent to an activating group) is 2. The van der Waals surface area contributed by atoms with Gasteiger partial charge in [0.15, 0.2) is 0 Å². The largest absolute Gasteiger partial charge is 0.480 e. The normalized spacial score (nSPS) is 17.2. The van der Waals surface area contributed by atoms with Crippen molar-refractivity contribution >= 4 is 41.5 Å². The molecule has 1 rings (SSSR count). The highest BCUT2D eigenvalue weighted by atomic mass is 16.4. The number of nitrogens with zero attached hydrogens (tertiary/aromatic N) is 5. The van der Waals surface area contributed by atoms with Crippen molar-refractivity contribution in [2.75, 3.05) is 106 Å². The Morgan fingerprint density at radius 3 is 1.50 bits per heavy atom. The van der Waals surface area contributed by atoms with E-state index in [9.17, 15) is 48.9 Å². The van der Waals surface area contributed by atoms with Gasteiger partial charge in [0.1, 0.15) is 6.04 Å². The number of nitrogens with two attached hydrogens (primary N) is 1. The molecule has 0 bridgehead atoms. The van der Waals surface area contributed by atoms with E-state index in [0.29, 0.717) is 25.9 Å². The van der Waals surface area contributed by atoms with Crippen LogP contribution in [0.2, 0.25) is 0 Å². The van der Waals surface area contributed by atoms with Gasteiger partial charge < -0.3 is 41.9 Å². The first-order chi connectivity index (χ1) is 22.6. The van der Waals surface area contributed by atoms with E-state index in [1.165, 1.54) is 11.9 Å². The Morgan fingerprint density at radius 2 is 1.12 bits per heavy atom. The van der Waals surface area contributed by atoms with Crippen molar-refractivity contribution < 1.29 is 48.9 Å².